The SMILES string of the molecule is C=CC(O)c1ccc(OC2CCOC2)cc1. The monoisotopic (exact) mass is 220 g/mol. The smallest absolute Gasteiger partial charge is 0.124 e. The number of rotatable bonds is 4. The Labute approximate surface area is 95.3 Å². The highest BCUT2D eigenvalue weighted by Gasteiger charge is 2.17. The van der Waals surface area contributed by atoms with E-state index in [2.05, 4.69) is 6.58 Å². The fourth-order valence-corrected chi connectivity index (χ4v) is 1.68. The second-order valence-electron chi connectivity index (χ2n) is 3.85. The Hall–Kier alpha value is -1.32. The van der Waals surface area contributed by atoms with E-state index in [4.69, 9.17) is 9.47 Å². The maximum atomic E-state index is 9.53. The maximum absolute atomic E-state index is 9.53. The molecule has 86 valence electrons. The highest BCUT2D eigenvalue weighted by atomic mass is 16.5. The molecule has 16 heavy (non-hydrogen) atoms. The normalized spacial score (nSPS) is 21.7. The Morgan fingerprint density at radius 1 is 1.44 bits per heavy atom. The van der Waals surface area contributed by atoms with Crippen molar-refractivity contribution >= 4 is 0 Å². The first-order chi connectivity index (χ1) is 7.79. The van der Waals surface area contributed by atoms with Crippen LogP contribution in [-0.2, 0) is 4.74 Å². The molecule has 2 unspecified atom stereocenters. The lowest BCUT2D eigenvalue weighted by molar-refractivity contribution is 0.141. The van der Waals surface area contributed by atoms with Crippen molar-refractivity contribution in [1.29, 1.82) is 0 Å². The third kappa shape index (κ3) is 2.62. The van der Waals surface area contributed by atoms with Crippen molar-refractivity contribution in [3.63, 3.8) is 0 Å². The third-order valence-corrected chi connectivity index (χ3v) is 2.64. The molecule has 2 atom stereocenters. The summed E-state index contributed by atoms with van der Waals surface area (Å²) in [4.78, 5) is 0. The standard InChI is InChI=1S/C13H16O3/c1-2-13(14)10-3-5-11(6-4-10)16-12-7-8-15-9-12/h2-6,12-14H,1,7-9H2. The molecule has 0 radical (unpaired) electrons. The second kappa shape index (κ2) is 5.14. The zero-order valence-corrected chi connectivity index (χ0v) is 9.13. The van der Waals surface area contributed by atoms with E-state index in [1.54, 1.807) is 0 Å². The summed E-state index contributed by atoms with van der Waals surface area (Å²) in [6.07, 6.45) is 2.00. The van der Waals surface area contributed by atoms with Crippen LogP contribution in [-0.4, -0.2) is 24.4 Å². The number of hydrogen-bond acceptors (Lipinski definition) is 3. The minimum Gasteiger partial charge on any atom is -0.488 e. The van der Waals surface area contributed by atoms with Crippen LogP contribution < -0.4 is 4.74 Å². The lowest BCUT2D eigenvalue weighted by Gasteiger charge is -2.12. The Kier molecular flexibility index (Phi) is 3.59. The van der Waals surface area contributed by atoms with E-state index in [1.807, 2.05) is 24.3 Å². The molecule has 0 bridgehead atoms. The number of aliphatic hydroxyl groups is 1. The summed E-state index contributed by atoms with van der Waals surface area (Å²) >= 11 is 0. The van der Waals surface area contributed by atoms with E-state index in [-0.39, 0.29) is 6.10 Å². The Morgan fingerprint density at radius 3 is 2.75 bits per heavy atom. The largest absolute Gasteiger partial charge is 0.488 e. The van der Waals surface area contributed by atoms with Crippen molar-refractivity contribution in [2.75, 3.05) is 13.2 Å². The summed E-state index contributed by atoms with van der Waals surface area (Å²) < 4.78 is 10.9. The molecule has 1 aliphatic heterocycles. The fraction of sp³-hybridized carbons (Fsp3) is 0.385. The van der Waals surface area contributed by atoms with Gasteiger partial charge in [0.05, 0.1) is 19.3 Å². The van der Waals surface area contributed by atoms with Crippen LogP contribution in [0.15, 0.2) is 36.9 Å². The molecule has 0 aliphatic carbocycles. The van der Waals surface area contributed by atoms with Crippen molar-refractivity contribution in [1.82, 2.24) is 0 Å². The van der Waals surface area contributed by atoms with Gasteiger partial charge in [0.1, 0.15) is 11.9 Å². The summed E-state index contributed by atoms with van der Waals surface area (Å²) in [7, 11) is 0. The molecule has 2 rings (SSSR count). The molecule has 0 amide bonds. The van der Waals surface area contributed by atoms with Gasteiger partial charge in [0.15, 0.2) is 0 Å². The van der Waals surface area contributed by atoms with Gasteiger partial charge in [-0.15, -0.1) is 6.58 Å². The van der Waals surface area contributed by atoms with Gasteiger partial charge in [-0.1, -0.05) is 18.2 Å². The lowest BCUT2D eigenvalue weighted by Crippen LogP contribution is -2.15. The summed E-state index contributed by atoms with van der Waals surface area (Å²) in [6.45, 7) is 4.98. The van der Waals surface area contributed by atoms with Gasteiger partial charge in [-0.3, -0.25) is 0 Å². The Bertz CT molecular complexity index is 339. The highest BCUT2D eigenvalue weighted by molar-refractivity contribution is 5.30. The van der Waals surface area contributed by atoms with Crippen LogP contribution in [0.2, 0.25) is 0 Å². The van der Waals surface area contributed by atoms with Gasteiger partial charge in [0, 0.05) is 6.42 Å². The molecule has 1 saturated heterocycles. The van der Waals surface area contributed by atoms with Gasteiger partial charge >= 0.3 is 0 Å². The van der Waals surface area contributed by atoms with Gasteiger partial charge in [0.2, 0.25) is 0 Å². The van der Waals surface area contributed by atoms with E-state index in [0.717, 1.165) is 24.3 Å². The van der Waals surface area contributed by atoms with E-state index in [1.165, 1.54) is 6.08 Å². The third-order valence-electron chi connectivity index (χ3n) is 2.64. The molecule has 0 spiro atoms. The Balaban J connectivity index is 1.98. The van der Waals surface area contributed by atoms with E-state index < -0.39 is 6.10 Å². The second-order valence-corrected chi connectivity index (χ2v) is 3.85. The van der Waals surface area contributed by atoms with Gasteiger partial charge in [-0.25, -0.2) is 0 Å². The van der Waals surface area contributed by atoms with Crippen molar-refractivity contribution in [3.8, 4) is 5.75 Å². The topological polar surface area (TPSA) is 38.7 Å². The van der Waals surface area contributed by atoms with Gasteiger partial charge in [0.25, 0.3) is 0 Å². The van der Waals surface area contributed by atoms with E-state index in [0.29, 0.717) is 6.61 Å². The first-order valence-corrected chi connectivity index (χ1v) is 5.44. The molecule has 0 saturated carbocycles. The van der Waals surface area contributed by atoms with Crippen LogP contribution in [0.5, 0.6) is 5.75 Å². The predicted octanol–water partition coefficient (Wildman–Crippen LogP) is 2.07. The minimum atomic E-state index is -0.608. The highest BCUT2D eigenvalue weighted by Crippen LogP contribution is 2.20. The predicted molar refractivity (Wildman–Crippen MR) is 61.5 cm³/mol. The van der Waals surface area contributed by atoms with Gasteiger partial charge in [-0.05, 0) is 17.7 Å². The van der Waals surface area contributed by atoms with Gasteiger partial charge < -0.3 is 14.6 Å². The van der Waals surface area contributed by atoms with Crippen molar-refractivity contribution in [2.24, 2.45) is 0 Å². The Morgan fingerprint density at radius 2 is 2.19 bits per heavy atom. The molecule has 3 heteroatoms. The average molecular weight is 220 g/mol. The molecular weight excluding hydrogens is 204 g/mol. The van der Waals surface area contributed by atoms with Crippen LogP contribution in [0.25, 0.3) is 0 Å². The quantitative estimate of drug-likeness (QED) is 0.789. The lowest BCUT2D eigenvalue weighted by atomic mass is 10.1. The van der Waals surface area contributed by atoms with Crippen LogP contribution in [0.3, 0.4) is 0 Å². The van der Waals surface area contributed by atoms with Crippen LogP contribution in [0.4, 0.5) is 0 Å². The first kappa shape index (κ1) is 11.2. The van der Waals surface area contributed by atoms with Gasteiger partial charge in [-0.2, -0.15) is 0 Å². The first-order valence-electron chi connectivity index (χ1n) is 5.44. The zero-order valence-electron chi connectivity index (χ0n) is 9.13. The summed E-state index contributed by atoms with van der Waals surface area (Å²) in [5.74, 6) is 0.815. The summed E-state index contributed by atoms with van der Waals surface area (Å²) in [5.41, 5.74) is 0.824. The summed E-state index contributed by atoms with van der Waals surface area (Å²) in [6, 6.07) is 7.41. The van der Waals surface area contributed by atoms with Crippen LogP contribution in [0, 0.1) is 0 Å². The van der Waals surface area contributed by atoms with Crippen molar-refractivity contribution in [2.45, 2.75) is 18.6 Å². The molecule has 1 aromatic rings. The molecule has 1 N–H and O–H groups in total. The molecule has 1 fully saturated rings. The molecule has 0 aromatic heterocycles. The van der Waals surface area contributed by atoms with Crippen LogP contribution >= 0.6 is 0 Å². The molecule has 3 nitrogen and oxygen atoms in total. The van der Waals surface area contributed by atoms with Crippen molar-refractivity contribution in [3.05, 3.63) is 42.5 Å². The molecule has 1 heterocycles. The minimum absolute atomic E-state index is 0.162. The molecule has 1 aliphatic rings. The number of hydrogen-bond donors (Lipinski definition) is 1. The number of ether oxygens (including phenoxy) is 2. The molecular formula is C13H16O3. The average Bonchev–Trinajstić information content (AvgIpc) is 2.82. The van der Waals surface area contributed by atoms with Crippen LogP contribution in [0.1, 0.15) is 18.1 Å². The van der Waals surface area contributed by atoms with E-state index >= 15 is 0 Å². The maximum Gasteiger partial charge on any atom is 0.124 e. The fourth-order valence-electron chi connectivity index (χ4n) is 1.68. The molecule has 1 aromatic carbocycles. The number of aliphatic hydroxyl groups excluding tert-OH is 1. The van der Waals surface area contributed by atoms with Crippen molar-refractivity contribution < 1.29 is 14.6 Å². The zero-order chi connectivity index (χ0) is 11.4. The summed E-state index contributed by atoms with van der Waals surface area (Å²) in [5, 5.41) is 9.53. The number of benzene rings is 1. The van der Waals surface area contributed by atoms with E-state index in [9.17, 15) is 5.11 Å².